The molecule has 3 aromatic carbocycles. The fourth-order valence-corrected chi connectivity index (χ4v) is 3.09. The van der Waals surface area contributed by atoms with Crippen molar-refractivity contribution in [3.63, 3.8) is 0 Å². The molecule has 0 saturated heterocycles. The van der Waals surface area contributed by atoms with E-state index in [-0.39, 0.29) is 20.1 Å². The SMILES string of the molecule is C[n+]1ccccc1-c1[c-]cccc1.[Ir+3].[c-]1ccccc1.[c-]1ccccc1-c1ccccn1.c1ccncc1. The van der Waals surface area contributed by atoms with Gasteiger partial charge in [0.25, 0.3) is 0 Å². The average molecular weight is 672 g/mol. The fourth-order valence-electron chi connectivity index (χ4n) is 3.09. The van der Waals surface area contributed by atoms with Crippen molar-refractivity contribution in [3.05, 3.63) is 176 Å². The van der Waals surface area contributed by atoms with E-state index in [1.807, 2.05) is 135 Å². The smallest absolute Gasteiger partial charge is 0.305 e. The summed E-state index contributed by atoms with van der Waals surface area (Å²) in [4.78, 5) is 8.00. The Hall–Kier alpha value is -4.24. The maximum absolute atomic E-state index is 4.22. The summed E-state index contributed by atoms with van der Waals surface area (Å²) in [6.45, 7) is 0. The van der Waals surface area contributed by atoms with E-state index in [0.717, 1.165) is 16.8 Å². The molecule has 0 amide bonds. The van der Waals surface area contributed by atoms with Crippen molar-refractivity contribution < 1.29 is 24.7 Å². The summed E-state index contributed by atoms with van der Waals surface area (Å²) < 4.78 is 2.09. The summed E-state index contributed by atoms with van der Waals surface area (Å²) in [7, 11) is 2.04. The van der Waals surface area contributed by atoms with Gasteiger partial charge in [-0.05, 0) is 30.0 Å². The maximum atomic E-state index is 4.22. The van der Waals surface area contributed by atoms with E-state index in [9.17, 15) is 0 Å². The molecule has 6 rings (SSSR count). The normalized spacial score (nSPS) is 8.97. The first-order chi connectivity index (χ1) is 18.3. The van der Waals surface area contributed by atoms with Crippen LogP contribution in [0.5, 0.6) is 0 Å². The first kappa shape index (κ1) is 30.0. The Kier molecular flexibility index (Phi) is 15.0. The Morgan fingerprint density at radius 1 is 0.553 bits per heavy atom. The van der Waals surface area contributed by atoms with E-state index in [4.69, 9.17) is 0 Å². The van der Waals surface area contributed by atoms with Gasteiger partial charge in [0, 0.05) is 24.7 Å². The predicted molar refractivity (Wildman–Crippen MR) is 150 cm³/mol. The minimum atomic E-state index is 0. The fraction of sp³-hybridized carbons (Fsp3) is 0.0294. The van der Waals surface area contributed by atoms with Crippen LogP contribution >= 0.6 is 0 Å². The molecule has 4 heteroatoms. The molecule has 188 valence electrons. The number of aromatic nitrogens is 3. The zero-order valence-electron chi connectivity index (χ0n) is 21.2. The Bertz CT molecular complexity index is 1230. The summed E-state index contributed by atoms with van der Waals surface area (Å²) in [5.74, 6) is 0. The molecule has 0 saturated carbocycles. The van der Waals surface area contributed by atoms with E-state index in [1.54, 1.807) is 18.6 Å². The van der Waals surface area contributed by atoms with Gasteiger partial charge in [0.05, 0.1) is 0 Å². The van der Waals surface area contributed by atoms with Gasteiger partial charge in [-0.15, -0.1) is 66.2 Å². The van der Waals surface area contributed by atoms with E-state index < -0.39 is 0 Å². The van der Waals surface area contributed by atoms with Gasteiger partial charge < -0.3 is 4.98 Å². The number of pyridine rings is 3. The van der Waals surface area contributed by atoms with Crippen LogP contribution in [0.4, 0.5) is 0 Å². The molecule has 0 fully saturated rings. The molecule has 3 nitrogen and oxygen atoms in total. The second-order valence-corrected chi connectivity index (χ2v) is 7.57. The maximum Gasteiger partial charge on any atom is 3.00 e. The first-order valence-electron chi connectivity index (χ1n) is 11.9. The van der Waals surface area contributed by atoms with Crippen LogP contribution in [0.25, 0.3) is 22.5 Å². The molecule has 3 aromatic heterocycles. The molecule has 0 atom stereocenters. The van der Waals surface area contributed by atoms with Crippen LogP contribution < -0.4 is 4.57 Å². The standard InChI is InChI=1S/C12H11N.C11H8N.C6H5.C5H5N.Ir/c1-13-10-6-5-9-12(13)11-7-3-2-4-8-11;1-2-6-10(7-3-1)11-8-4-5-9-12-11;2*1-2-4-6-5-3-1;/h2-7,9-10H,1H3;1-6,8-9H;2*1-5H;/q;2*-1;;+3. The first-order valence-corrected chi connectivity index (χ1v) is 11.9. The predicted octanol–water partition coefficient (Wildman–Crippen LogP) is 7.09. The molecule has 3 heterocycles. The van der Waals surface area contributed by atoms with Crippen molar-refractivity contribution in [1.29, 1.82) is 0 Å². The van der Waals surface area contributed by atoms with Crippen LogP contribution in [0.2, 0.25) is 0 Å². The average Bonchev–Trinajstić information content (AvgIpc) is 3.01. The minimum absolute atomic E-state index is 0. The molecule has 0 aliphatic carbocycles. The van der Waals surface area contributed by atoms with Gasteiger partial charge >= 0.3 is 20.1 Å². The van der Waals surface area contributed by atoms with Gasteiger partial charge in [-0.3, -0.25) is 4.98 Å². The van der Waals surface area contributed by atoms with Crippen LogP contribution in [0.3, 0.4) is 0 Å². The molecule has 0 N–H and O–H groups in total. The van der Waals surface area contributed by atoms with Crippen molar-refractivity contribution >= 4 is 0 Å². The molecule has 0 bridgehead atoms. The number of rotatable bonds is 2. The molecule has 0 spiro atoms. The number of aryl methyl sites for hydroxylation is 1. The number of benzene rings is 3. The van der Waals surface area contributed by atoms with Crippen LogP contribution in [-0.4, -0.2) is 9.97 Å². The molecule has 0 radical (unpaired) electrons. The zero-order chi connectivity index (χ0) is 25.8. The van der Waals surface area contributed by atoms with E-state index in [2.05, 4.69) is 44.9 Å². The summed E-state index contributed by atoms with van der Waals surface area (Å²) in [5.41, 5.74) is 4.32. The van der Waals surface area contributed by atoms with Crippen LogP contribution in [-0.2, 0) is 27.2 Å². The topological polar surface area (TPSA) is 29.7 Å². The number of hydrogen-bond donors (Lipinski definition) is 0. The molecule has 6 aromatic rings. The summed E-state index contributed by atoms with van der Waals surface area (Å²) in [6, 6.07) is 52.4. The van der Waals surface area contributed by atoms with Crippen molar-refractivity contribution in [2.24, 2.45) is 7.05 Å². The molecule has 0 aliphatic heterocycles. The summed E-state index contributed by atoms with van der Waals surface area (Å²) >= 11 is 0. The Morgan fingerprint density at radius 2 is 1.13 bits per heavy atom. The van der Waals surface area contributed by atoms with Gasteiger partial charge in [0.15, 0.2) is 6.20 Å². The van der Waals surface area contributed by atoms with Crippen LogP contribution in [0.1, 0.15) is 0 Å². The zero-order valence-corrected chi connectivity index (χ0v) is 23.6. The second-order valence-electron chi connectivity index (χ2n) is 7.57. The quantitative estimate of drug-likeness (QED) is 0.145. The van der Waals surface area contributed by atoms with E-state index in [1.165, 1.54) is 5.69 Å². The second kappa shape index (κ2) is 18.9. The molecule has 0 unspecified atom stereocenters. The summed E-state index contributed by atoms with van der Waals surface area (Å²) in [5, 5.41) is 0. The monoisotopic (exact) mass is 672 g/mol. The third-order valence-corrected chi connectivity index (χ3v) is 4.86. The van der Waals surface area contributed by atoms with Gasteiger partial charge in [0.1, 0.15) is 12.7 Å². The molecule has 38 heavy (non-hydrogen) atoms. The van der Waals surface area contributed by atoms with Crippen molar-refractivity contribution in [1.82, 2.24) is 9.97 Å². The van der Waals surface area contributed by atoms with Crippen molar-refractivity contribution in [3.8, 4) is 22.5 Å². The van der Waals surface area contributed by atoms with Gasteiger partial charge in [0.2, 0.25) is 0 Å². The minimum Gasteiger partial charge on any atom is -0.305 e. The summed E-state index contributed by atoms with van der Waals surface area (Å²) in [6.07, 6.45) is 7.33. The Labute approximate surface area is 239 Å². The Morgan fingerprint density at radius 3 is 1.58 bits per heavy atom. The van der Waals surface area contributed by atoms with Crippen molar-refractivity contribution in [2.45, 2.75) is 0 Å². The molecular formula is C34H29IrN3+. The van der Waals surface area contributed by atoms with Gasteiger partial charge in [-0.25, -0.2) is 4.57 Å². The van der Waals surface area contributed by atoms with E-state index in [0.29, 0.717) is 0 Å². The third-order valence-electron chi connectivity index (χ3n) is 4.86. The third kappa shape index (κ3) is 11.7. The van der Waals surface area contributed by atoms with Gasteiger partial charge in [-0.1, -0.05) is 29.8 Å². The van der Waals surface area contributed by atoms with Gasteiger partial charge in [-0.2, -0.15) is 36.4 Å². The number of hydrogen-bond acceptors (Lipinski definition) is 2. The molecule has 0 aliphatic rings. The van der Waals surface area contributed by atoms with Crippen molar-refractivity contribution in [2.75, 3.05) is 0 Å². The molecular weight excluding hydrogens is 643 g/mol. The number of nitrogens with zero attached hydrogens (tertiary/aromatic N) is 3. The largest absolute Gasteiger partial charge is 3.00 e. The van der Waals surface area contributed by atoms with E-state index >= 15 is 0 Å². The van der Waals surface area contributed by atoms with Crippen LogP contribution in [0, 0.1) is 18.2 Å². The Balaban J connectivity index is 0.000000187. The van der Waals surface area contributed by atoms with Crippen LogP contribution in [0.15, 0.2) is 158 Å².